The number of nitrogens with zero attached hydrogens (tertiary/aromatic N) is 3. The van der Waals surface area contributed by atoms with Gasteiger partial charge in [-0.3, -0.25) is 14.9 Å². The number of nitrogens with one attached hydrogen (secondary N) is 2. The van der Waals surface area contributed by atoms with Crippen molar-refractivity contribution in [2.45, 2.75) is 6.42 Å². The van der Waals surface area contributed by atoms with Crippen LogP contribution in [-0.4, -0.2) is 26.1 Å². The van der Waals surface area contributed by atoms with Crippen molar-refractivity contribution in [2.75, 3.05) is 11.1 Å². The average molecular weight is 344 g/mol. The summed E-state index contributed by atoms with van der Waals surface area (Å²) in [4.78, 5) is 20.6. The molecular formula is C19H16N6O. The molecule has 0 saturated carbocycles. The van der Waals surface area contributed by atoms with Crippen molar-refractivity contribution in [2.24, 2.45) is 0 Å². The summed E-state index contributed by atoms with van der Waals surface area (Å²) in [5, 5.41) is 10.6. The lowest BCUT2D eigenvalue weighted by Gasteiger charge is -2.07. The maximum atomic E-state index is 12.2. The largest absolute Gasteiger partial charge is 0.382 e. The van der Waals surface area contributed by atoms with Crippen LogP contribution in [0, 0.1) is 0 Å². The first-order valence-corrected chi connectivity index (χ1v) is 8.09. The van der Waals surface area contributed by atoms with E-state index in [1.807, 2.05) is 48.5 Å². The molecule has 1 amide bonds. The van der Waals surface area contributed by atoms with Gasteiger partial charge in [0.1, 0.15) is 5.82 Å². The Morgan fingerprint density at radius 2 is 1.92 bits per heavy atom. The number of carbonyl (C=O) groups excluding carboxylic acids is 1. The third-order valence-corrected chi connectivity index (χ3v) is 4.02. The summed E-state index contributed by atoms with van der Waals surface area (Å²) >= 11 is 0. The molecular weight excluding hydrogens is 328 g/mol. The maximum Gasteiger partial charge on any atom is 0.231 e. The van der Waals surface area contributed by atoms with E-state index in [2.05, 4.69) is 25.5 Å². The van der Waals surface area contributed by atoms with Crippen molar-refractivity contribution in [3.05, 3.63) is 66.6 Å². The normalized spacial score (nSPS) is 10.8. The molecule has 4 rings (SSSR count). The van der Waals surface area contributed by atoms with E-state index in [1.54, 1.807) is 12.4 Å². The number of H-pyrrole nitrogens is 1. The van der Waals surface area contributed by atoms with Gasteiger partial charge < -0.3 is 11.1 Å². The predicted octanol–water partition coefficient (Wildman–Crippen LogP) is 2.78. The fourth-order valence-corrected chi connectivity index (χ4v) is 2.75. The van der Waals surface area contributed by atoms with Crippen LogP contribution in [0.5, 0.6) is 0 Å². The second-order valence-corrected chi connectivity index (χ2v) is 5.84. The molecule has 0 radical (unpaired) electrons. The summed E-state index contributed by atoms with van der Waals surface area (Å²) < 4.78 is 0. The molecule has 3 aromatic heterocycles. The van der Waals surface area contributed by atoms with Gasteiger partial charge in [0.15, 0.2) is 5.82 Å². The van der Waals surface area contributed by atoms with E-state index >= 15 is 0 Å². The highest BCUT2D eigenvalue weighted by molar-refractivity contribution is 5.94. The van der Waals surface area contributed by atoms with Gasteiger partial charge in [0.05, 0.1) is 11.9 Å². The van der Waals surface area contributed by atoms with E-state index in [0.29, 0.717) is 17.3 Å². The van der Waals surface area contributed by atoms with Gasteiger partial charge in [0, 0.05) is 23.5 Å². The number of aromatic amines is 1. The van der Waals surface area contributed by atoms with Gasteiger partial charge in [-0.2, -0.15) is 5.10 Å². The van der Waals surface area contributed by atoms with Crippen LogP contribution in [0.3, 0.4) is 0 Å². The zero-order valence-electron chi connectivity index (χ0n) is 13.8. The third kappa shape index (κ3) is 3.23. The number of carbonyl (C=O) groups is 1. The first-order valence-electron chi connectivity index (χ1n) is 8.09. The number of anilines is 2. The fraction of sp³-hybridized carbons (Fsp3) is 0.0526. The van der Waals surface area contributed by atoms with Crippen LogP contribution in [-0.2, 0) is 11.2 Å². The first kappa shape index (κ1) is 15.8. The number of nitrogen functional groups attached to an aromatic ring is 1. The Labute approximate surface area is 149 Å². The molecule has 4 aromatic rings. The number of nitrogens with two attached hydrogens (primary N) is 1. The minimum absolute atomic E-state index is 0.164. The molecule has 0 aliphatic rings. The van der Waals surface area contributed by atoms with E-state index in [4.69, 9.17) is 5.73 Å². The number of hydrogen-bond donors (Lipinski definition) is 3. The molecule has 0 saturated heterocycles. The summed E-state index contributed by atoms with van der Waals surface area (Å²) in [6.07, 6.45) is 3.53. The number of benzene rings is 1. The molecule has 1 aromatic carbocycles. The molecule has 0 spiro atoms. The van der Waals surface area contributed by atoms with Gasteiger partial charge in [-0.15, -0.1) is 0 Å². The van der Waals surface area contributed by atoms with Crippen molar-refractivity contribution in [1.29, 1.82) is 0 Å². The Morgan fingerprint density at radius 1 is 1.04 bits per heavy atom. The van der Waals surface area contributed by atoms with Crippen LogP contribution in [0.1, 0.15) is 5.69 Å². The Hall–Kier alpha value is -3.74. The van der Waals surface area contributed by atoms with Gasteiger partial charge in [0.2, 0.25) is 5.91 Å². The number of pyridine rings is 2. The van der Waals surface area contributed by atoms with Crippen LogP contribution in [0.25, 0.3) is 22.0 Å². The van der Waals surface area contributed by atoms with Gasteiger partial charge in [0.25, 0.3) is 0 Å². The van der Waals surface area contributed by atoms with Gasteiger partial charge in [-0.25, -0.2) is 4.98 Å². The number of aromatic nitrogens is 4. The number of hydrogen-bond acceptors (Lipinski definition) is 5. The predicted molar refractivity (Wildman–Crippen MR) is 100 cm³/mol. The van der Waals surface area contributed by atoms with Gasteiger partial charge in [-0.1, -0.05) is 12.1 Å². The molecule has 0 fully saturated rings. The van der Waals surface area contributed by atoms with E-state index < -0.39 is 0 Å². The molecule has 0 aliphatic carbocycles. The lowest BCUT2D eigenvalue weighted by Crippen LogP contribution is -2.15. The van der Waals surface area contributed by atoms with Crippen LogP contribution in [0.2, 0.25) is 0 Å². The summed E-state index contributed by atoms with van der Waals surface area (Å²) in [5.41, 5.74) is 9.36. The zero-order valence-corrected chi connectivity index (χ0v) is 13.8. The summed E-state index contributed by atoms with van der Waals surface area (Å²) in [5.74, 6) is 0.784. The van der Waals surface area contributed by atoms with E-state index in [0.717, 1.165) is 22.0 Å². The summed E-state index contributed by atoms with van der Waals surface area (Å²) in [7, 11) is 0. The van der Waals surface area contributed by atoms with Crippen molar-refractivity contribution in [3.8, 4) is 11.1 Å². The average Bonchev–Trinajstić information content (AvgIpc) is 3.03. The zero-order chi connectivity index (χ0) is 17.9. The lowest BCUT2D eigenvalue weighted by atomic mass is 10.0. The quantitative estimate of drug-likeness (QED) is 0.527. The van der Waals surface area contributed by atoms with Gasteiger partial charge in [-0.05, 0) is 47.5 Å². The van der Waals surface area contributed by atoms with Gasteiger partial charge >= 0.3 is 0 Å². The molecule has 4 N–H and O–H groups in total. The fourth-order valence-electron chi connectivity index (χ4n) is 2.75. The highest BCUT2D eigenvalue weighted by Gasteiger charge is 2.08. The topological polar surface area (TPSA) is 110 Å². The Morgan fingerprint density at radius 3 is 2.77 bits per heavy atom. The Balaban J connectivity index is 1.55. The Kier molecular flexibility index (Phi) is 4.03. The van der Waals surface area contributed by atoms with Crippen molar-refractivity contribution in [1.82, 2.24) is 20.2 Å². The second-order valence-electron chi connectivity index (χ2n) is 5.84. The van der Waals surface area contributed by atoms with Crippen LogP contribution < -0.4 is 11.1 Å². The maximum absolute atomic E-state index is 12.2. The second kappa shape index (κ2) is 6.64. The molecule has 7 nitrogen and oxygen atoms in total. The standard InChI is InChI=1S/C19H16N6O/c20-19-15-9-12(4-5-16(15)24-25-19)13-6-8-22-17(10-13)23-18(26)11-14-3-1-2-7-21-14/h1-10H,11H2,(H3,20,24,25)(H,22,23,26). The highest BCUT2D eigenvalue weighted by Crippen LogP contribution is 2.27. The third-order valence-electron chi connectivity index (χ3n) is 4.02. The number of amides is 1. The van der Waals surface area contributed by atoms with Crippen molar-refractivity contribution in [3.63, 3.8) is 0 Å². The molecule has 26 heavy (non-hydrogen) atoms. The molecule has 0 unspecified atom stereocenters. The molecule has 0 atom stereocenters. The SMILES string of the molecule is Nc1n[nH]c2ccc(-c3ccnc(NC(=O)Cc4ccccn4)c3)cc12. The van der Waals surface area contributed by atoms with E-state index in [9.17, 15) is 4.79 Å². The summed E-state index contributed by atoms with van der Waals surface area (Å²) in [6.45, 7) is 0. The minimum Gasteiger partial charge on any atom is -0.382 e. The van der Waals surface area contributed by atoms with Crippen LogP contribution in [0.4, 0.5) is 11.6 Å². The monoisotopic (exact) mass is 344 g/mol. The molecule has 128 valence electrons. The Bertz CT molecular complexity index is 1070. The summed E-state index contributed by atoms with van der Waals surface area (Å²) in [6, 6.07) is 15.0. The molecule has 7 heteroatoms. The van der Waals surface area contributed by atoms with Crippen molar-refractivity contribution >= 4 is 28.4 Å². The smallest absolute Gasteiger partial charge is 0.231 e. The van der Waals surface area contributed by atoms with Crippen LogP contribution in [0.15, 0.2) is 60.9 Å². The highest BCUT2D eigenvalue weighted by atomic mass is 16.1. The molecule has 0 aliphatic heterocycles. The molecule has 3 heterocycles. The lowest BCUT2D eigenvalue weighted by molar-refractivity contribution is -0.115. The van der Waals surface area contributed by atoms with Crippen LogP contribution >= 0.6 is 0 Å². The first-order chi connectivity index (χ1) is 12.7. The van der Waals surface area contributed by atoms with E-state index in [-0.39, 0.29) is 12.3 Å². The number of rotatable bonds is 4. The minimum atomic E-state index is -0.164. The van der Waals surface area contributed by atoms with Crippen molar-refractivity contribution < 1.29 is 4.79 Å². The molecule has 0 bridgehead atoms. The van der Waals surface area contributed by atoms with E-state index in [1.165, 1.54) is 0 Å². The number of fused-ring (bicyclic) bond motifs is 1.